The molecule has 0 heterocycles. The maximum Gasteiger partial charge on any atom is 0.303 e. The SMILES string of the molecule is CC(=O)OC1[CH]C(OC(C)=O)C(OC(C)=O)C(OC(C)=O)C1OC(C)=O. The molecule has 0 aliphatic heterocycles. The van der Waals surface area contributed by atoms with E-state index in [1.54, 1.807) is 0 Å². The second-order valence-corrected chi connectivity index (χ2v) is 5.56. The van der Waals surface area contributed by atoms with Crippen LogP contribution < -0.4 is 0 Å². The second-order valence-electron chi connectivity index (χ2n) is 5.56. The van der Waals surface area contributed by atoms with Crippen LogP contribution in [0.25, 0.3) is 0 Å². The molecule has 0 N–H and O–H groups in total. The first-order valence-corrected chi connectivity index (χ1v) is 7.72. The summed E-state index contributed by atoms with van der Waals surface area (Å²) in [6.45, 7) is 5.55. The lowest BCUT2D eigenvalue weighted by atomic mass is 9.86. The zero-order chi connectivity index (χ0) is 20.0. The molecule has 1 aliphatic rings. The topological polar surface area (TPSA) is 132 Å². The Morgan fingerprint density at radius 1 is 0.500 bits per heavy atom. The molecule has 1 radical (unpaired) electrons. The number of hydrogen-bond acceptors (Lipinski definition) is 10. The van der Waals surface area contributed by atoms with Crippen LogP contribution in [0.3, 0.4) is 0 Å². The quantitative estimate of drug-likeness (QED) is 0.474. The van der Waals surface area contributed by atoms with Crippen molar-refractivity contribution in [3.05, 3.63) is 6.42 Å². The van der Waals surface area contributed by atoms with E-state index in [0.29, 0.717) is 0 Å². The lowest BCUT2D eigenvalue weighted by molar-refractivity contribution is -0.218. The lowest BCUT2D eigenvalue weighted by Gasteiger charge is -2.43. The van der Waals surface area contributed by atoms with E-state index in [4.69, 9.17) is 23.7 Å². The van der Waals surface area contributed by atoms with E-state index >= 15 is 0 Å². The Morgan fingerprint density at radius 3 is 1.04 bits per heavy atom. The molecule has 1 rings (SSSR count). The van der Waals surface area contributed by atoms with Crippen molar-refractivity contribution in [2.24, 2.45) is 0 Å². The number of esters is 5. The first kappa shape index (κ1) is 21.4. The van der Waals surface area contributed by atoms with Gasteiger partial charge in [-0.15, -0.1) is 0 Å². The van der Waals surface area contributed by atoms with Gasteiger partial charge in [-0.3, -0.25) is 24.0 Å². The highest BCUT2D eigenvalue weighted by molar-refractivity contribution is 5.70. The minimum Gasteiger partial charge on any atom is -0.458 e. The smallest absolute Gasteiger partial charge is 0.303 e. The van der Waals surface area contributed by atoms with Gasteiger partial charge in [0.1, 0.15) is 12.2 Å². The molecule has 1 saturated carbocycles. The average molecular weight is 373 g/mol. The van der Waals surface area contributed by atoms with E-state index in [2.05, 4.69) is 0 Å². The van der Waals surface area contributed by atoms with Crippen LogP contribution in [-0.2, 0) is 47.7 Å². The fraction of sp³-hybridized carbons (Fsp3) is 0.625. The molecule has 0 aromatic carbocycles. The molecule has 0 aromatic rings. The number of carbonyl (C=O) groups is 5. The number of ether oxygens (including phenoxy) is 5. The second kappa shape index (κ2) is 9.16. The molecule has 0 spiro atoms. The largest absolute Gasteiger partial charge is 0.458 e. The van der Waals surface area contributed by atoms with Crippen molar-refractivity contribution < 1.29 is 47.7 Å². The molecule has 10 nitrogen and oxygen atoms in total. The molecule has 10 heteroatoms. The molecule has 1 fully saturated rings. The monoisotopic (exact) mass is 373 g/mol. The van der Waals surface area contributed by atoms with E-state index in [1.807, 2.05) is 0 Å². The van der Waals surface area contributed by atoms with Crippen molar-refractivity contribution >= 4 is 29.8 Å². The van der Waals surface area contributed by atoms with Gasteiger partial charge in [-0.05, 0) is 0 Å². The van der Waals surface area contributed by atoms with Crippen LogP contribution >= 0.6 is 0 Å². The third kappa shape index (κ3) is 6.34. The van der Waals surface area contributed by atoms with Crippen molar-refractivity contribution in [1.29, 1.82) is 0 Å². The molecule has 145 valence electrons. The standard InChI is InChI=1S/C16H21O10/c1-7(17)22-12-6-13(23-8(2)18)15(25-10(4)20)16(26-11(5)21)14(12)24-9(3)19/h6,12-16H,1-5H3. The zero-order valence-corrected chi connectivity index (χ0v) is 15.0. The highest BCUT2D eigenvalue weighted by Crippen LogP contribution is 2.31. The van der Waals surface area contributed by atoms with Gasteiger partial charge in [0.2, 0.25) is 0 Å². The van der Waals surface area contributed by atoms with Gasteiger partial charge >= 0.3 is 29.8 Å². The Hall–Kier alpha value is -2.65. The summed E-state index contributed by atoms with van der Waals surface area (Å²) in [4.78, 5) is 57.2. The maximum absolute atomic E-state index is 11.5. The Morgan fingerprint density at radius 2 is 0.769 bits per heavy atom. The summed E-state index contributed by atoms with van der Waals surface area (Å²) >= 11 is 0. The summed E-state index contributed by atoms with van der Waals surface area (Å²) in [6.07, 6.45) is -5.11. The van der Waals surface area contributed by atoms with Gasteiger partial charge in [-0.2, -0.15) is 0 Å². The Kier molecular flexibility index (Phi) is 7.54. The molecule has 4 unspecified atom stereocenters. The summed E-state index contributed by atoms with van der Waals surface area (Å²) in [5, 5.41) is 0. The van der Waals surface area contributed by atoms with Crippen molar-refractivity contribution in [2.75, 3.05) is 0 Å². The van der Waals surface area contributed by atoms with Gasteiger partial charge in [0.15, 0.2) is 18.3 Å². The van der Waals surface area contributed by atoms with Crippen LogP contribution in [-0.4, -0.2) is 60.4 Å². The molecule has 1 aliphatic carbocycles. The minimum atomic E-state index is -1.36. The molecular weight excluding hydrogens is 352 g/mol. The predicted molar refractivity (Wildman–Crippen MR) is 82.1 cm³/mol. The van der Waals surface area contributed by atoms with E-state index in [0.717, 1.165) is 34.6 Å². The number of rotatable bonds is 5. The van der Waals surface area contributed by atoms with Crippen LogP contribution in [0, 0.1) is 6.42 Å². The van der Waals surface area contributed by atoms with Crippen LogP contribution in [0.5, 0.6) is 0 Å². The number of hydrogen-bond donors (Lipinski definition) is 0. The molecule has 0 amide bonds. The molecule has 0 saturated heterocycles. The van der Waals surface area contributed by atoms with Gasteiger partial charge < -0.3 is 23.7 Å². The molecular formula is C16H21O10. The van der Waals surface area contributed by atoms with Gasteiger partial charge in [0.05, 0.1) is 6.42 Å². The highest BCUT2D eigenvalue weighted by Gasteiger charge is 2.53. The van der Waals surface area contributed by atoms with E-state index in [9.17, 15) is 24.0 Å². The average Bonchev–Trinajstić information content (AvgIpc) is 2.44. The normalized spacial score (nSPS) is 27.7. The summed E-state index contributed by atoms with van der Waals surface area (Å²) in [7, 11) is 0. The Bertz CT molecular complexity index is 542. The summed E-state index contributed by atoms with van der Waals surface area (Å²) in [5.74, 6) is -3.68. The Labute approximate surface area is 150 Å². The van der Waals surface area contributed by atoms with Crippen LogP contribution in [0.4, 0.5) is 0 Å². The predicted octanol–water partition coefficient (Wildman–Crippen LogP) is -0.137. The number of carbonyl (C=O) groups excluding carboxylic acids is 5. The van der Waals surface area contributed by atoms with E-state index in [1.165, 1.54) is 6.42 Å². The first-order valence-electron chi connectivity index (χ1n) is 7.72. The van der Waals surface area contributed by atoms with Gasteiger partial charge in [0, 0.05) is 34.6 Å². The molecule has 4 atom stereocenters. The molecule has 0 aromatic heterocycles. The fourth-order valence-electron chi connectivity index (χ4n) is 2.54. The fourth-order valence-corrected chi connectivity index (χ4v) is 2.54. The van der Waals surface area contributed by atoms with Crippen molar-refractivity contribution in [3.8, 4) is 0 Å². The summed E-state index contributed by atoms with van der Waals surface area (Å²) < 4.78 is 25.6. The minimum absolute atomic E-state index is 0.711. The van der Waals surface area contributed by atoms with E-state index in [-0.39, 0.29) is 0 Å². The highest BCUT2D eigenvalue weighted by atomic mass is 16.6. The van der Waals surface area contributed by atoms with Gasteiger partial charge in [0.25, 0.3) is 0 Å². The van der Waals surface area contributed by atoms with Crippen LogP contribution in [0.1, 0.15) is 34.6 Å². The molecule has 26 heavy (non-hydrogen) atoms. The zero-order valence-electron chi connectivity index (χ0n) is 15.0. The van der Waals surface area contributed by atoms with Crippen molar-refractivity contribution in [3.63, 3.8) is 0 Å². The van der Waals surface area contributed by atoms with Crippen LogP contribution in [0.15, 0.2) is 0 Å². The van der Waals surface area contributed by atoms with Crippen LogP contribution in [0.2, 0.25) is 0 Å². The van der Waals surface area contributed by atoms with Crippen molar-refractivity contribution in [2.45, 2.75) is 65.1 Å². The lowest BCUT2D eigenvalue weighted by Crippen LogP contribution is -2.61. The third-order valence-electron chi connectivity index (χ3n) is 3.18. The molecule has 0 bridgehead atoms. The summed E-state index contributed by atoms with van der Waals surface area (Å²) in [5.41, 5.74) is 0. The van der Waals surface area contributed by atoms with Gasteiger partial charge in [-0.25, -0.2) is 0 Å². The first-order chi connectivity index (χ1) is 12.0. The summed E-state index contributed by atoms with van der Waals surface area (Å²) in [6, 6.07) is 0. The van der Waals surface area contributed by atoms with E-state index < -0.39 is 60.4 Å². The third-order valence-corrected chi connectivity index (χ3v) is 3.18. The van der Waals surface area contributed by atoms with Gasteiger partial charge in [-0.1, -0.05) is 0 Å². The Balaban J connectivity index is 3.32. The van der Waals surface area contributed by atoms with Crippen molar-refractivity contribution in [1.82, 2.24) is 0 Å². The maximum atomic E-state index is 11.5.